The number of carbonyl (C=O) groups excluding carboxylic acids is 2. The molecule has 6 heteroatoms. The first-order chi connectivity index (χ1) is 18.0. The summed E-state index contributed by atoms with van der Waals surface area (Å²) in [6.07, 6.45) is 21.7. The number of carboxylic acids is 1. The van der Waals surface area contributed by atoms with Crippen LogP contribution in [0.2, 0.25) is 0 Å². The van der Waals surface area contributed by atoms with Crippen LogP contribution in [0, 0.1) is 17.2 Å². The van der Waals surface area contributed by atoms with Crippen LogP contribution < -0.4 is 5.32 Å². The monoisotopic (exact) mass is 510 g/mol. The van der Waals surface area contributed by atoms with Gasteiger partial charge in [-0.15, -0.1) is 0 Å². The molecule has 6 nitrogen and oxygen atoms in total. The highest BCUT2D eigenvalue weighted by atomic mass is 16.4. The molecular formula is C31H46N2O4. The number of Topliss-reactive ketones (excluding diaryl/α,β-unsaturated/α-hetero) is 1. The van der Waals surface area contributed by atoms with E-state index in [4.69, 9.17) is 5.26 Å². The van der Waals surface area contributed by atoms with Crippen LogP contribution in [0.5, 0.6) is 0 Å². The number of anilines is 1. The smallest absolute Gasteiger partial charge is 0.307 e. The lowest BCUT2D eigenvalue weighted by Crippen LogP contribution is -2.22. The predicted octanol–water partition coefficient (Wildman–Crippen LogP) is 8.24. The Morgan fingerprint density at radius 2 is 1.41 bits per heavy atom. The van der Waals surface area contributed by atoms with Crippen LogP contribution in [0.15, 0.2) is 36.4 Å². The maximum Gasteiger partial charge on any atom is 0.307 e. The van der Waals surface area contributed by atoms with Crippen LogP contribution in [0.3, 0.4) is 0 Å². The number of rotatable bonds is 22. The van der Waals surface area contributed by atoms with Gasteiger partial charge in [0.15, 0.2) is 5.78 Å². The van der Waals surface area contributed by atoms with Gasteiger partial charge in [0.1, 0.15) is 0 Å². The van der Waals surface area contributed by atoms with E-state index in [2.05, 4.69) is 24.4 Å². The van der Waals surface area contributed by atoms with E-state index < -0.39 is 11.9 Å². The predicted molar refractivity (Wildman–Crippen MR) is 149 cm³/mol. The van der Waals surface area contributed by atoms with Gasteiger partial charge in [0, 0.05) is 17.7 Å². The molecule has 0 fully saturated rings. The number of amides is 1. The summed E-state index contributed by atoms with van der Waals surface area (Å²) in [5, 5.41) is 20.8. The van der Waals surface area contributed by atoms with Crippen molar-refractivity contribution in [2.45, 2.75) is 116 Å². The number of nitrogens with one attached hydrogen (secondary N) is 1. The van der Waals surface area contributed by atoms with E-state index in [1.165, 1.54) is 70.6 Å². The van der Waals surface area contributed by atoms with Gasteiger partial charge in [0.25, 0.3) is 0 Å². The van der Waals surface area contributed by atoms with Crippen molar-refractivity contribution in [3.63, 3.8) is 0 Å². The van der Waals surface area contributed by atoms with Crippen molar-refractivity contribution >= 4 is 23.3 Å². The lowest BCUT2D eigenvalue weighted by Gasteiger charge is -2.12. The highest BCUT2D eigenvalue weighted by Crippen LogP contribution is 2.18. The Hall–Kier alpha value is -2.94. The minimum atomic E-state index is -0.942. The van der Waals surface area contributed by atoms with Gasteiger partial charge in [0.2, 0.25) is 5.91 Å². The van der Waals surface area contributed by atoms with Crippen molar-refractivity contribution in [1.29, 1.82) is 5.26 Å². The molecule has 0 aliphatic rings. The van der Waals surface area contributed by atoms with Gasteiger partial charge in [-0.1, -0.05) is 83.3 Å². The summed E-state index contributed by atoms with van der Waals surface area (Å²) in [7, 11) is 0. The first kappa shape index (κ1) is 32.1. The molecule has 0 bridgehead atoms. The van der Waals surface area contributed by atoms with E-state index in [0.717, 1.165) is 19.3 Å². The number of carbonyl (C=O) groups is 3. The minimum absolute atomic E-state index is 0.0718. The van der Waals surface area contributed by atoms with Crippen LogP contribution in [-0.4, -0.2) is 22.8 Å². The second-order valence-corrected chi connectivity index (χ2v) is 9.85. The number of allylic oxidation sites excluding steroid dienone is 2. The zero-order chi connectivity index (χ0) is 27.1. The van der Waals surface area contributed by atoms with Crippen molar-refractivity contribution in [2.24, 2.45) is 5.92 Å². The summed E-state index contributed by atoms with van der Waals surface area (Å²) in [5.74, 6) is -2.27. The van der Waals surface area contributed by atoms with Crippen LogP contribution in [-0.2, 0) is 9.59 Å². The minimum Gasteiger partial charge on any atom is -0.481 e. The highest BCUT2D eigenvalue weighted by Gasteiger charge is 2.21. The van der Waals surface area contributed by atoms with E-state index in [0.29, 0.717) is 17.7 Å². The van der Waals surface area contributed by atoms with E-state index in [9.17, 15) is 19.5 Å². The molecule has 0 aliphatic heterocycles. The molecule has 1 aromatic carbocycles. The molecule has 204 valence electrons. The fourth-order valence-corrected chi connectivity index (χ4v) is 4.30. The Kier molecular flexibility index (Phi) is 18.4. The largest absolute Gasteiger partial charge is 0.481 e. The zero-order valence-corrected chi connectivity index (χ0v) is 22.7. The fourth-order valence-electron chi connectivity index (χ4n) is 4.30. The number of aliphatic carboxylic acids is 1. The number of nitriles is 1. The Labute approximate surface area is 223 Å². The molecule has 1 unspecified atom stereocenters. The average Bonchev–Trinajstić information content (AvgIpc) is 2.88. The summed E-state index contributed by atoms with van der Waals surface area (Å²) in [6.45, 7) is 2.24. The summed E-state index contributed by atoms with van der Waals surface area (Å²) in [5.41, 5.74) is 0.907. The third kappa shape index (κ3) is 16.4. The van der Waals surface area contributed by atoms with Crippen molar-refractivity contribution < 1.29 is 19.5 Å². The van der Waals surface area contributed by atoms with Gasteiger partial charge >= 0.3 is 5.97 Å². The fraction of sp³-hybridized carbons (Fsp3) is 0.613. The molecular weight excluding hydrogens is 464 g/mol. The van der Waals surface area contributed by atoms with Crippen LogP contribution in [0.25, 0.3) is 0 Å². The molecule has 1 rings (SSSR count). The molecule has 0 aromatic heterocycles. The van der Waals surface area contributed by atoms with Crippen molar-refractivity contribution in [1.82, 2.24) is 0 Å². The number of nitrogens with zero attached hydrogens (tertiary/aromatic N) is 1. The Morgan fingerprint density at radius 3 is 1.95 bits per heavy atom. The van der Waals surface area contributed by atoms with Gasteiger partial charge in [-0.2, -0.15) is 5.26 Å². The number of hydrogen-bond donors (Lipinski definition) is 2. The average molecular weight is 511 g/mol. The number of hydrogen-bond acceptors (Lipinski definition) is 4. The normalized spacial score (nSPS) is 11.8. The lowest BCUT2D eigenvalue weighted by atomic mass is 9.96. The summed E-state index contributed by atoms with van der Waals surface area (Å²) < 4.78 is 0. The molecule has 1 atom stereocenters. The molecule has 0 saturated heterocycles. The van der Waals surface area contributed by atoms with E-state index >= 15 is 0 Å². The van der Waals surface area contributed by atoms with Gasteiger partial charge in [-0.05, 0) is 56.4 Å². The van der Waals surface area contributed by atoms with Crippen molar-refractivity contribution in [2.75, 3.05) is 5.32 Å². The maximum absolute atomic E-state index is 12.3. The SMILES string of the molecule is CCCCCCC=CCCCCCCCCCCC(CC(=O)Nc1ccc(C(=O)CC#N)cc1)C(=O)O. The molecule has 37 heavy (non-hydrogen) atoms. The molecule has 2 N–H and O–H groups in total. The molecule has 0 radical (unpaired) electrons. The maximum atomic E-state index is 12.3. The standard InChI is InChI=1S/C31H46N2O4/c1-2-3-4-5-6-7-8-9-10-11-12-13-14-15-16-17-18-27(31(36)37)25-30(35)33-28-21-19-26(20-22-28)29(34)23-24-32/h7-8,19-22,27H,2-6,9-18,23,25H2,1H3,(H,33,35)(H,36,37). The molecule has 0 spiro atoms. The van der Waals surface area contributed by atoms with E-state index in [-0.39, 0.29) is 24.5 Å². The topological polar surface area (TPSA) is 107 Å². The van der Waals surface area contributed by atoms with Crippen LogP contribution in [0.1, 0.15) is 126 Å². The lowest BCUT2D eigenvalue weighted by molar-refractivity contribution is -0.143. The van der Waals surface area contributed by atoms with Gasteiger partial charge < -0.3 is 10.4 Å². The highest BCUT2D eigenvalue weighted by molar-refractivity contribution is 5.98. The molecule has 0 saturated carbocycles. The van der Waals surface area contributed by atoms with Gasteiger partial charge in [0.05, 0.1) is 18.4 Å². The second-order valence-electron chi connectivity index (χ2n) is 9.85. The third-order valence-corrected chi connectivity index (χ3v) is 6.58. The quantitative estimate of drug-likeness (QED) is 0.0927. The Balaban J connectivity index is 2.12. The third-order valence-electron chi connectivity index (χ3n) is 6.58. The summed E-state index contributed by atoms with van der Waals surface area (Å²) in [6, 6.07) is 8.10. The zero-order valence-electron chi connectivity index (χ0n) is 22.7. The van der Waals surface area contributed by atoms with Gasteiger partial charge in [-0.25, -0.2) is 0 Å². The summed E-state index contributed by atoms with van der Waals surface area (Å²) in [4.78, 5) is 35.7. The number of benzene rings is 1. The van der Waals surface area contributed by atoms with Crippen LogP contribution >= 0.6 is 0 Å². The summed E-state index contributed by atoms with van der Waals surface area (Å²) >= 11 is 0. The molecule has 0 aliphatic carbocycles. The van der Waals surface area contributed by atoms with Crippen LogP contribution in [0.4, 0.5) is 5.69 Å². The molecule has 0 heterocycles. The van der Waals surface area contributed by atoms with E-state index in [1.807, 2.05) is 6.07 Å². The number of ketones is 1. The van der Waals surface area contributed by atoms with Crippen molar-refractivity contribution in [3.8, 4) is 6.07 Å². The molecule has 1 amide bonds. The number of unbranched alkanes of at least 4 members (excludes halogenated alkanes) is 12. The van der Waals surface area contributed by atoms with E-state index in [1.54, 1.807) is 24.3 Å². The first-order valence-corrected chi connectivity index (χ1v) is 14.2. The van der Waals surface area contributed by atoms with Crippen molar-refractivity contribution in [3.05, 3.63) is 42.0 Å². The Bertz CT molecular complexity index is 855. The first-order valence-electron chi connectivity index (χ1n) is 14.2. The Morgan fingerprint density at radius 1 is 0.865 bits per heavy atom. The number of carboxylic acid groups (broad SMARTS) is 1. The van der Waals surface area contributed by atoms with Gasteiger partial charge in [-0.3, -0.25) is 14.4 Å². The molecule has 1 aromatic rings. The second kappa shape index (κ2) is 21.2.